The smallest absolute Gasteiger partial charge is 0.387 e. The van der Waals surface area contributed by atoms with Gasteiger partial charge in [0.1, 0.15) is 23.5 Å². The monoisotopic (exact) mass is 349 g/mol. The van der Waals surface area contributed by atoms with E-state index in [1.807, 2.05) is 19.1 Å². The van der Waals surface area contributed by atoms with Crippen molar-refractivity contribution in [1.29, 1.82) is 0 Å². The second-order valence-electron chi connectivity index (χ2n) is 5.87. The summed E-state index contributed by atoms with van der Waals surface area (Å²) in [5, 5.41) is 0. The van der Waals surface area contributed by atoms with Crippen molar-refractivity contribution in [3.63, 3.8) is 0 Å². The van der Waals surface area contributed by atoms with Crippen molar-refractivity contribution in [1.82, 2.24) is 9.97 Å². The third-order valence-electron chi connectivity index (χ3n) is 4.09. The van der Waals surface area contributed by atoms with Crippen LogP contribution in [0.25, 0.3) is 0 Å². The lowest BCUT2D eigenvalue weighted by Crippen LogP contribution is -2.39. The number of hydrogen-bond acceptors (Lipinski definition) is 5. The van der Waals surface area contributed by atoms with Crippen LogP contribution >= 0.6 is 0 Å². The van der Waals surface area contributed by atoms with Gasteiger partial charge in [-0.15, -0.1) is 0 Å². The molecule has 1 aliphatic rings. The molecule has 1 fully saturated rings. The maximum absolute atomic E-state index is 12.4. The second-order valence-corrected chi connectivity index (χ2v) is 5.87. The van der Waals surface area contributed by atoms with E-state index in [2.05, 4.69) is 26.5 Å². The third kappa shape index (κ3) is 4.42. The summed E-state index contributed by atoms with van der Waals surface area (Å²) in [6.07, 6.45) is 0.618. The first kappa shape index (κ1) is 17.5. The van der Waals surface area contributed by atoms with Crippen molar-refractivity contribution < 1.29 is 18.3 Å². The van der Waals surface area contributed by atoms with E-state index in [1.54, 1.807) is 12.1 Å². The van der Waals surface area contributed by atoms with Gasteiger partial charge in [0.25, 0.3) is 0 Å². The molecule has 25 heavy (non-hydrogen) atoms. The highest BCUT2D eigenvalue weighted by Crippen LogP contribution is 2.28. The summed E-state index contributed by atoms with van der Waals surface area (Å²) >= 11 is 0. The highest BCUT2D eigenvalue weighted by atomic mass is 19.3. The van der Waals surface area contributed by atoms with Crippen LogP contribution in [0.1, 0.15) is 30.1 Å². The van der Waals surface area contributed by atoms with E-state index in [9.17, 15) is 8.78 Å². The van der Waals surface area contributed by atoms with Crippen LogP contribution in [-0.4, -0.2) is 36.3 Å². The van der Waals surface area contributed by atoms with Crippen molar-refractivity contribution in [3.05, 3.63) is 47.4 Å². The van der Waals surface area contributed by atoms with Gasteiger partial charge in [-0.3, -0.25) is 0 Å². The number of nitrogens with zero attached hydrogens (tertiary/aromatic N) is 3. The quantitative estimate of drug-likeness (QED) is 0.826. The molecule has 0 saturated carbocycles. The van der Waals surface area contributed by atoms with Crippen LogP contribution in [0.5, 0.6) is 5.75 Å². The molecule has 1 aliphatic heterocycles. The summed E-state index contributed by atoms with van der Waals surface area (Å²) in [5.41, 5.74) is 1.81. The van der Waals surface area contributed by atoms with Crippen molar-refractivity contribution in [3.8, 4) is 5.75 Å². The van der Waals surface area contributed by atoms with E-state index in [0.29, 0.717) is 13.2 Å². The van der Waals surface area contributed by atoms with Crippen LogP contribution in [-0.2, 0) is 11.2 Å². The van der Waals surface area contributed by atoms with Gasteiger partial charge in [0, 0.05) is 24.8 Å². The van der Waals surface area contributed by atoms with Gasteiger partial charge >= 0.3 is 6.61 Å². The fourth-order valence-corrected chi connectivity index (χ4v) is 2.91. The van der Waals surface area contributed by atoms with Crippen LogP contribution in [0.2, 0.25) is 0 Å². The Hall–Kier alpha value is -2.28. The standard InChI is InChI=1S/C18H21F2N3O2/c1-3-14-10-17(22-12(2)21-14)23-7-8-24-16(11-23)13-5-4-6-15(9-13)25-18(19)20/h4-6,9-10,16,18H,3,7-8,11H2,1-2H3. The SMILES string of the molecule is CCc1cc(N2CCOC(c3cccc(OC(F)F)c3)C2)nc(C)n1. The minimum Gasteiger partial charge on any atom is -0.435 e. The van der Waals surface area contributed by atoms with Crippen LogP contribution < -0.4 is 9.64 Å². The Bertz CT molecular complexity index is 727. The molecule has 0 N–H and O–H groups in total. The largest absolute Gasteiger partial charge is 0.435 e. The lowest BCUT2D eigenvalue weighted by Gasteiger charge is -2.34. The summed E-state index contributed by atoms with van der Waals surface area (Å²) in [4.78, 5) is 11.1. The van der Waals surface area contributed by atoms with Gasteiger partial charge in [-0.2, -0.15) is 8.78 Å². The van der Waals surface area contributed by atoms with Crippen LogP contribution in [0.3, 0.4) is 0 Å². The number of alkyl halides is 2. The lowest BCUT2D eigenvalue weighted by molar-refractivity contribution is -0.0501. The molecule has 2 heterocycles. The molecule has 7 heteroatoms. The molecule has 0 radical (unpaired) electrons. The third-order valence-corrected chi connectivity index (χ3v) is 4.09. The zero-order valence-corrected chi connectivity index (χ0v) is 14.3. The molecule has 1 aromatic heterocycles. The predicted molar refractivity (Wildman–Crippen MR) is 90.1 cm³/mol. The number of ether oxygens (including phenoxy) is 2. The molecule has 3 rings (SSSR count). The van der Waals surface area contributed by atoms with Gasteiger partial charge < -0.3 is 14.4 Å². The van der Waals surface area contributed by atoms with Crippen LogP contribution in [0, 0.1) is 6.92 Å². The number of hydrogen-bond donors (Lipinski definition) is 0. The molecule has 2 aromatic rings. The number of anilines is 1. The minimum absolute atomic E-state index is 0.138. The highest BCUT2D eigenvalue weighted by Gasteiger charge is 2.24. The van der Waals surface area contributed by atoms with Crippen molar-refractivity contribution in [2.24, 2.45) is 0 Å². The first-order chi connectivity index (χ1) is 12.0. The summed E-state index contributed by atoms with van der Waals surface area (Å²) in [6, 6.07) is 8.65. The Kier molecular flexibility index (Phi) is 5.43. The van der Waals surface area contributed by atoms with Gasteiger partial charge in [-0.25, -0.2) is 9.97 Å². The van der Waals surface area contributed by atoms with Gasteiger partial charge in [0.15, 0.2) is 0 Å². The number of benzene rings is 1. The first-order valence-electron chi connectivity index (χ1n) is 8.31. The van der Waals surface area contributed by atoms with E-state index < -0.39 is 6.61 Å². The van der Waals surface area contributed by atoms with Crippen LogP contribution in [0.15, 0.2) is 30.3 Å². The first-order valence-corrected chi connectivity index (χ1v) is 8.31. The normalized spacial score (nSPS) is 17.8. The number of aromatic nitrogens is 2. The molecule has 1 unspecified atom stereocenters. The molecule has 134 valence electrons. The summed E-state index contributed by atoms with van der Waals surface area (Å²) in [7, 11) is 0. The number of aryl methyl sites for hydroxylation is 2. The summed E-state index contributed by atoms with van der Waals surface area (Å²) in [6.45, 7) is 2.96. The molecule has 0 bridgehead atoms. The van der Waals surface area contributed by atoms with E-state index in [0.717, 1.165) is 35.9 Å². The second kappa shape index (κ2) is 7.74. The molecule has 0 amide bonds. The zero-order valence-electron chi connectivity index (χ0n) is 14.3. The van der Waals surface area contributed by atoms with E-state index in [-0.39, 0.29) is 11.9 Å². The molecule has 1 saturated heterocycles. The van der Waals surface area contributed by atoms with Gasteiger partial charge in [-0.1, -0.05) is 19.1 Å². The fraction of sp³-hybridized carbons (Fsp3) is 0.444. The molecule has 1 aromatic carbocycles. The topological polar surface area (TPSA) is 47.5 Å². The average Bonchev–Trinajstić information content (AvgIpc) is 2.61. The highest BCUT2D eigenvalue weighted by molar-refractivity contribution is 5.42. The lowest BCUT2D eigenvalue weighted by atomic mass is 10.1. The van der Waals surface area contributed by atoms with E-state index in [4.69, 9.17) is 4.74 Å². The summed E-state index contributed by atoms with van der Waals surface area (Å²) < 4.78 is 35.1. The number of rotatable bonds is 5. The predicted octanol–water partition coefficient (Wildman–Crippen LogP) is 3.53. The zero-order chi connectivity index (χ0) is 17.8. The van der Waals surface area contributed by atoms with E-state index >= 15 is 0 Å². The summed E-state index contributed by atoms with van der Waals surface area (Å²) in [5.74, 6) is 1.75. The Morgan fingerprint density at radius 2 is 2.16 bits per heavy atom. The van der Waals surface area contributed by atoms with E-state index in [1.165, 1.54) is 6.07 Å². The minimum atomic E-state index is -2.84. The van der Waals surface area contributed by atoms with Gasteiger partial charge in [0.05, 0.1) is 6.61 Å². The maximum Gasteiger partial charge on any atom is 0.387 e. The number of morpholine rings is 1. The molecule has 0 spiro atoms. The van der Waals surface area contributed by atoms with Crippen molar-refractivity contribution >= 4 is 5.82 Å². The van der Waals surface area contributed by atoms with Gasteiger partial charge in [0.2, 0.25) is 0 Å². The Balaban J connectivity index is 1.78. The van der Waals surface area contributed by atoms with Gasteiger partial charge in [-0.05, 0) is 31.0 Å². The van der Waals surface area contributed by atoms with Crippen molar-refractivity contribution in [2.75, 3.05) is 24.6 Å². The molecular formula is C18H21F2N3O2. The molecular weight excluding hydrogens is 328 g/mol. The Labute approximate surface area is 145 Å². The van der Waals surface area contributed by atoms with Crippen LogP contribution in [0.4, 0.5) is 14.6 Å². The van der Waals surface area contributed by atoms with Crippen molar-refractivity contribution in [2.45, 2.75) is 33.0 Å². The Morgan fingerprint density at radius 3 is 2.92 bits per heavy atom. The average molecular weight is 349 g/mol. The molecule has 0 aliphatic carbocycles. The fourth-order valence-electron chi connectivity index (χ4n) is 2.91. The molecule has 5 nitrogen and oxygen atoms in total. The molecule has 1 atom stereocenters. The number of halogens is 2. The Morgan fingerprint density at radius 1 is 1.32 bits per heavy atom. The maximum atomic E-state index is 12.4.